The molecule has 3 rings (SSSR count). The van der Waals surface area contributed by atoms with Gasteiger partial charge in [0.05, 0.1) is 28.8 Å². The van der Waals surface area contributed by atoms with Gasteiger partial charge in [-0.05, 0) is 48.9 Å². The largest absolute Gasteiger partial charge is 0.462 e. The number of rotatable bonds is 10. The summed E-state index contributed by atoms with van der Waals surface area (Å²) in [6, 6.07) is 11.0. The predicted octanol–water partition coefficient (Wildman–Crippen LogP) is 4.88. The number of benzene rings is 2. The van der Waals surface area contributed by atoms with E-state index in [-0.39, 0.29) is 18.9 Å². The molecular weight excluding hydrogens is 495 g/mol. The molecule has 35 heavy (non-hydrogen) atoms. The highest BCUT2D eigenvalue weighted by Crippen LogP contribution is 2.27. The molecule has 1 N–H and O–H groups in total. The zero-order valence-electron chi connectivity index (χ0n) is 19.2. The Morgan fingerprint density at radius 2 is 1.80 bits per heavy atom. The van der Waals surface area contributed by atoms with Crippen LogP contribution in [0.15, 0.2) is 42.5 Å². The predicted molar refractivity (Wildman–Crippen MR) is 133 cm³/mol. The van der Waals surface area contributed by atoms with Crippen molar-refractivity contribution in [3.05, 3.63) is 58.1 Å². The Balaban J connectivity index is 1.49. The highest BCUT2D eigenvalue weighted by Gasteiger charge is 2.36. The van der Waals surface area contributed by atoms with Crippen LogP contribution in [0.4, 0.5) is 11.4 Å². The molecule has 0 unspecified atom stereocenters. The summed E-state index contributed by atoms with van der Waals surface area (Å²) in [6.07, 6.45) is 2.81. The number of anilines is 2. The molecule has 0 aliphatic carbocycles. The van der Waals surface area contributed by atoms with Crippen molar-refractivity contribution in [3.8, 4) is 0 Å². The minimum Gasteiger partial charge on any atom is -0.462 e. The topological polar surface area (TPSA) is 102 Å². The van der Waals surface area contributed by atoms with Crippen molar-refractivity contribution >= 4 is 58.3 Å². The van der Waals surface area contributed by atoms with Gasteiger partial charge in [0.1, 0.15) is 0 Å². The summed E-state index contributed by atoms with van der Waals surface area (Å²) < 4.78 is 10.3. The molecule has 1 atom stereocenters. The zero-order valence-corrected chi connectivity index (χ0v) is 20.7. The molecule has 0 saturated carbocycles. The Morgan fingerprint density at radius 1 is 1.06 bits per heavy atom. The molecule has 186 valence electrons. The van der Waals surface area contributed by atoms with Crippen LogP contribution < -0.4 is 10.2 Å². The van der Waals surface area contributed by atoms with Gasteiger partial charge in [-0.1, -0.05) is 43.0 Å². The second kappa shape index (κ2) is 12.6. The van der Waals surface area contributed by atoms with E-state index >= 15 is 0 Å². The van der Waals surface area contributed by atoms with E-state index in [4.69, 9.17) is 32.7 Å². The minimum atomic E-state index is -0.715. The molecule has 2 aromatic carbocycles. The van der Waals surface area contributed by atoms with Gasteiger partial charge in [0, 0.05) is 23.7 Å². The van der Waals surface area contributed by atoms with Crippen LogP contribution in [0.2, 0.25) is 10.0 Å². The molecule has 0 bridgehead atoms. The van der Waals surface area contributed by atoms with Gasteiger partial charge < -0.3 is 19.7 Å². The Hall–Kier alpha value is -3.10. The summed E-state index contributed by atoms with van der Waals surface area (Å²) in [5.41, 5.74) is 1.25. The lowest BCUT2D eigenvalue weighted by molar-refractivity contribution is -0.151. The number of nitrogens with zero attached hydrogens (tertiary/aromatic N) is 1. The first-order chi connectivity index (χ1) is 16.8. The van der Waals surface area contributed by atoms with Crippen LogP contribution in [0.5, 0.6) is 0 Å². The molecule has 1 saturated heterocycles. The number of ether oxygens (including phenoxy) is 2. The average Bonchev–Trinajstić information content (AvgIpc) is 3.24. The Kier molecular flexibility index (Phi) is 9.51. The fraction of sp³-hybridized carbons (Fsp3) is 0.360. The lowest BCUT2D eigenvalue weighted by Crippen LogP contribution is -2.28. The maximum atomic E-state index is 12.5. The lowest BCUT2D eigenvalue weighted by atomic mass is 10.1. The third-order valence-corrected chi connectivity index (χ3v) is 5.97. The molecule has 0 radical (unpaired) electrons. The van der Waals surface area contributed by atoms with Crippen LogP contribution in [-0.2, 0) is 23.9 Å². The maximum absolute atomic E-state index is 12.5. The summed E-state index contributed by atoms with van der Waals surface area (Å²) in [4.78, 5) is 50.6. The number of carbonyl (C=O) groups excluding carboxylic acids is 4. The maximum Gasteiger partial charge on any atom is 0.338 e. The molecule has 1 fully saturated rings. The first-order valence-electron chi connectivity index (χ1n) is 11.3. The molecule has 2 aromatic rings. The van der Waals surface area contributed by atoms with Crippen LogP contribution in [0, 0.1) is 5.92 Å². The van der Waals surface area contributed by atoms with Gasteiger partial charge in [0.2, 0.25) is 5.91 Å². The van der Waals surface area contributed by atoms with Gasteiger partial charge in [-0.3, -0.25) is 14.4 Å². The van der Waals surface area contributed by atoms with E-state index in [9.17, 15) is 19.2 Å². The Labute approximate surface area is 213 Å². The number of hydrogen-bond acceptors (Lipinski definition) is 6. The number of esters is 2. The summed E-state index contributed by atoms with van der Waals surface area (Å²) in [5.74, 6) is -2.62. The number of nitrogens with one attached hydrogen (secondary N) is 1. The van der Waals surface area contributed by atoms with E-state index in [1.165, 1.54) is 17.0 Å². The molecule has 0 aromatic heterocycles. The van der Waals surface area contributed by atoms with Crippen molar-refractivity contribution in [1.29, 1.82) is 0 Å². The van der Waals surface area contributed by atoms with Crippen molar-refractivity contribution in [2.24, 2.45) is 5.92 Å². The van der Waals surface area contributed by atoms with Crippen LogP contribution in [0.25, 0.3) is 0 Å². The van der Waals surface area contributed by atoms with Gasteiger partial charge in [0.25, 0.3) is 5.91 Å². The quantitative estimate of drug-likeness (QED) is 0.354. The molecule has 2 amide bonds. The molecule has 8 nitrogen and oxygen atoms in total. The zero-order chi connectivity index (χ0) is 25.4. The number of carbonyl (C=O) groups is 4. The number of amides is 2. The van der Waals surface area contributed by atoms with Gasteiger partial charge >= 0.3 is 11.9 Å². The smallest absolute Gasteiger partial charge is 0.338 e. The molecule has 1 aliphatic heterocycles. The van der Waals surface area contributed by atoms with Crippen LogP contribution in [0.1, 0.15) is 43.0 Å². The standard InChI is InChI=1S/C25H26Cl2N2O6/c1-2-3-4-11-34-24(32)16-5-8-19(9-6-16)29-14-17(12-23(29)31)25(33)35-15-22(30)28-21-13-18(26)7-10-20(21)27/h5-10,13,17H,2-4,11-12,14-15H2,1H3,(H,28,30)/t17-/m0/s1. The van der Waals surface area contributed by atoms with Crippen molar-refractivity contribution in [1.82, 2.24) is 0 Å². The van der Waals surface area contributed by atoms with E-state index in [1.54, 1.807) is 30.3 Å². The highest BCUT2D eigenvalue weighted by molar-refractivity contribution is 6.35. The minimum absolute atomic E-state index is 0.0399. The number of hydrogen-bond donors (Lipinski definition) is 1. The molecule has 1 heterocycles. The second-order valence-electron chi connectivity index (χ2n) is 8.08. The van der Waals surface area contributed by atoms with E-state index in [0.717, 1.165) is 19.3 Å². The average molecular weight is 521 g/mol. The summed E-state index contributed by atoms with van der Waals surface area (Å²) in [6.45, 7) is 2.02. The SMILES string of the molecule is CCCCCOC(=O)c1ccc(N2C[C@@H](C(=O)OCC(=O)Nc3cc(Cl)ccc3Cl)CC2=O)cc1. The summed E-state index contributed by atoms with van der Waals surface area (Å²) in [7, 11) is 0. The van der Waals surface area contributed by atoms with E-state index in [0.29, 0.717) is 33.6 Å². The van der Waals surface area contributed by atoms with Gasteiger partial charge in [0.15, 0.2) is 6.61 Å². The van der Waals surface area contributed by atoms with Crippen LogP contribution in [0.3, 0.4) is 0 Å². The van der Waals surface area contributed by atoms with Crippen LogP contribution in [-0.4, -0.2) is 43.5 Å². The Morgan fingerprint density at radius 3 is 2.51 bits per heavy atom. The Bertz CT molecular complexity index is 1090. The molecule has 0 spiro atoms. The van der Waals surface area contributed by atoms with Crippen molar-refractivity contribution in [3.63, 3.8) is 0 Å². The van der Waals surface area contributed by atoms with Gasteiger partial charge in [-0.15, -0.1) is 0 Å². The second-order valence-corrected chi connectivity index (χ2v) is 8.92. The first kappa shape index (κ1) is 26.5. The normalized spacial score (nSPS) is 15.1. The molecule has 10 heteroatoms. The van der Waals surface area contributed by atoms with Crippen molar-refractivity contribution in [2.45, 2.75) is 32.6 Å². The molecular formula is C25H26Cl2N2O6. The third-order valence-electron chi connectivity index (χ3n) is 5.40. The first-order valence-corrected chi connectivity index (χ1v) is 12.0. The van der Waals surface area contributed by atoms with Gasteiger partial charge in [-0.2, -0.15) is 0 Å². The number of halogens is 2. The van der Waals surface area contributed by atoms with E-state index in [1.807, 2.05) is 0 Å². The van der Waals surface area contributed by atoms with Crippen molar-refractivity contribution < 1.29 is 28.7 Å². The number of unbranched alkanes of at least 4 members (excludes halogenated alkanes) is 2. The lowest BCUT2D eigenvalue weighted by Gasteiger charge is -2.17. The summed E-state index contributed by atoms with van der Waals surface area (Å²) in [5, 5.41) is 3.21. The highest BCUT2D eigenvalue weighted by atomic mass is 35.5. The summed E-state index contributed by atoms with van der Waals surface area (Å²) >= 11 is 11.9. The van der Waals surface area contributed by atoms with E-state index in [2.05, 4.69) is 12.2 Å². The molecule has 1 aliphatic rings. The fourth-order valence-electron chi connectivity index (χ4n) is 3.53. The van der Waals surface area contributed by atoms with Crippen molar-refractivity contribution in [2.75, 3.05) is 30.0 Å². The van der Waals surface area contributed by atoms with E-state index < -0.39 is 30.4 Å². The van der Waals surface area contributed by atoms with Crippen LogP contribution >= 0.6 is 23.2 Å². The van der Waals surface area contributed by atoms with Gasteiger partial charge in [-0.25, -0.2) is 4.79 Å². The third kappa shape index (κ3) is 7.44. The monoisotopic (exact) mass is 520 g/mol. The fourth-order valence-corrected chi connectivity index (χ4v) is 3.86.